The minimum absolute atomic E-state index is 0.278. The molecular formula is C11H25N3O7. The Balaban J connectivity index is -0.000000242. The van der Waals surface area contributed by atoms with Crippen LogP contribution >= 0.6 is 0 Å². The number of aliphatic hydroxyl groups excluding tert-OH is 1. The summed E-state index contributed by atoms with van der Waals surface area (Å²) in [6.07, 6.45) is 0.551. The van der Waals surface area contributed by atoms with Gasteiger partial charge in [0.1, 0.15) is 12.1 Å². The molecule has 0 aliphatic carbocycles. The molecule has 0 spiro atoms. The van der Waals surface area contributed by atoms with Gasteiger partial charge in [0.15, 0.2) is 0 Å². The van der Waals surface area contributed by atoms with Crippen LogP contribution in [0.3, 0.4) is 0 Å². The van der Waals surface area contributed by atoms with E-state index in [1.54, 1.807) is 0 Å². The highest BCUT2D eigenvalue weighted by Gasteiger charge is 2.11. The largest absolute Gasteiger partial charge is 0.480 e. The van der Waals surface area contributed by atoms with Crippen molar-refractivity contribution in [2.45, 2.75) is 32.4 Å². The second-order valence-corrected chi connectivity index (χ2v) is 4.30. The van der Waals surface area contributed by atoms with Gasteiger partial charge in [-0.3, -0.25) is 14.4 Å². The highest BCUT2D eigenvalue weighted by molar-refractivity contribution is 5.73. The van der Waals surface area contributed by atoms with E-state index in [0.717, 1.165) is 0 Å². The molecule has 2 atom stereocenters. The summed E-state index contributed by atoms with van der Waals surface area (Å²) in [5.74, 6) is -2.70. The Kier molecular flexibility index (Phi) is 16.9. The number of nitrogens with two attached hydrogens (primary N) is 3. The molecule has 0 aromatic rings. The zero-order chi connectivity index (χ0) is 17.6. The Labute approximate surface area is 122 Å². The first-order valence-corrected chi connectivity index (χ1v) is 5.98. The number of carbonyl (C=O) groups is 3. The van der Waals surface area contributed by atoms with Gasteiger partial charge in [0, 0.05) is 0 Å². The summed E-state index contributed by atoms with van der Waals surface area (Å²) in [6, 6.07) is -1.81. The number of aliphatic hydroxyl groups is 1. The SMILES string of the molecule is CC(C)C[C@H](N)C(=O)O.NCC(=O)O.N[C@@H](CO)C(=O)O. The van der Waals surface area contributed by atoms with Crippen LogP contribution in [0.2, 0.25) is 0 Å². The third-order valence-electron chi connectivity index (χ3n) is 1.73. The van der Waals surface area contributed by atoms with Gasteiger partial charge in [0.2, 0.25) is 0 Å². The standard InChI is InChI=1S/C6H13NO2.C3H7NO3.C2H5NO2/c1-4(2)3-5(7)6(8)9;4-2(1-5)3(6)7;3-1-2(4)5/h4-5H,3,7H2,1-2H3,(H,8,9);2,5H,1,4H2,(H,6,7);1,3H2,(H,4,5)/t5-;2-;/m00./s1. The fourth-order valence-corrected chi connectivity index (χ4v) is 0.687. The minimum Gasteiger partial charge on any atom is -0.480 e. The lowest BCUT2D eigenvalue weighted by Gasteiger charge is -2.07. The third kappa shape index (κ3) is 23.7. The average Bonchev–Trinajstić information content (AvgIpc) is 2.38. The van der Waals surface area contributed by atoms with Crippen LogP contribution in [0, 0.1) is 5.92 Å². The summed E-state index contributed by atoms with van der Waals surface area (Å²) in [6.45, 7) is 3.11. The first-order valence-electron chi connectivity index (χ1n) is 5.98. The van der Waals surface area contributed by atoms with Gasteiger partial charge in [-0.25, -0.2) is 0 Å². The summed E-state index contributed by atoms with van der Waals surface area (Å²) in [5, 5.41) is 31.8. The smallest absolute Gasteiger partial charge is 0.322 e. The minimum atomic E-state index is -1.18. The zero-order valence-electron chi connectivity index (χ0n) is 12.1. The van der Waals surface area contributed by atoms with Crippen molar-refractivity contribution >= 4 is 17.9 Å². The molecule has 0 aliphatic rings. The van der Waals surface area contributed by atoms with Gasteiger partial charge in [-0.05, 0) is 12.3 Å². The molecule has 126 valence electrons. The Hall–Kier alpha value is -1.75. The molecule has 10 heteroatoms. The number of rotatable bonds is 6. The first kappa shape index (κ1) is 24.3. The van der Waals surface area contributed by atoms with Crippen molar-refractivity contribution in [1.82, 2.24) is 0 Å². The lowest BCUT2D eigenvalue weighted by molar-refractivity contribution is -0.140. The predicted octanol–water partition coefficient (Wildman–Crippen LogP) is -2.14. The van der Waals surface area contributed by atoms with Gasteiger partial charge < -0.3 is 37.6 Å². The molecule has 0 radical (unpaired) electrons. The van der Waals surface area contributed by atoms with Gasteiger partial charge in [0.05, 0.1) is 13.2 Å². The van der Waals surface area contributed by atoms with E-state index >= 15 is 0 Å². The topological polar surface area (TPSA) is 210 Å². The quantitative estimate of drug-likeness (QED) is 0.283. The van der Waals surface area contributed by atoms with Crippen LogP contribution in [-0.4, -0.2) is 63.6 Å². The maximum absolute atomic E-state index is 10.1. The monoisotopic (exact) mass is 311 g/mol. The van der Waals surface area contributed by atoms with E-state index in [9.17, 15) is 14.4 Å². The summed E-state index contributed by atoms with van der Waals surface area (Å²) in [7, 11) is 0. The molecular weight excluding hydrogens is 286 g/mol. The fraction of sp³-hybridized carbons (Fsp3) is 0.727. The molecule has 0 heterocycles. The van der Waals surface area contributed by atoms with E-state index in [2.05, 4.69) is 5.73 Å². The van der Waals surface area contributed by atoms with Crippen molar-refractivity contribution in [3.63, 3.8) is 0 Å². The molecule has 21 heavy (non-hydrogen) atoms. The lowest BCUT2D eigenvalue weighted by atomic mass is 10.1. The van der Waals surface area contributed by atoms with E-state index < -0.39 is 36.6 Å². The average molecular weight is 311 g/mol. The van der Waals surface area contributed by atoms with Gasteiger partial charge in [-0.1, -0.05) is 13.8 Å². The molecule has 10 N–H and O–H groups in total. The van der Waals surface area contributed by atoms with Gasteiger partial charge in [-0.2, -0.15) is 0 Å². The van der Waals surface area contributed by atoms with Crippen molar-refractivity contribution in [3.8, 4) is 0 Å². The molecule has 0 fully saturated rings. The van der Waals surface area contributed by atoms with Crippen LogP contribution in [-0.2, 0) is 14.4 Å². The van der Waals surface area contributed by atoms with Gasteiger partial charge in [-0.15, -0.1) is 0 Å². The maximum Gasteiger partial charge on any atom is 0.322 e. The third-order valence-corrected chi connectivity index (χ3v) is 1.73. The first-order chi connectivity index (χ1) is 9.49. The van der Waals surface area contributed by atoms with E-state index in [4.69, 9.17) is 31.9 Å². The van der Waals surface area contributed by atoms with Crippen LogP contribution in [0.4, 0.5) is 0 Å². The summed E-state index contributed by atoms with van der Waals surface area (Å²) < 4.78 is 0. The Bertz CT molecular complexity index is 310. The Morgan fingerprint density at radius 1 is 0.952 bits per heavy atom. The number of carboxylic acids is 3. The molecule has 0 amide bonds. The van der Waals surface area contributed by atoms with Crippen LogP contribution in [0.1, 0.15) is 20.3 Å². The summed E-state index contributed by atoms with van der Waals surface area (Å²) in [4.78, 5) is 29.0. The molecule has 0 aromatic carbocycles. The van der Waals surface area contributed by atoms with Crippen LogP contribution in [0.5, 0.6) is 0 Å². The summed E-state index contributed by atoms with van der Waals surface area (Å²) in [5.41, 5.74) is 14.6. The molecule has 0 aromatic heterocycles. The van der Waals surface area contributed by atoms with Crippen LogP contribution < -0.4 is 17.2 Å². The second-order valence-electron chi connectivity index (χ2n) is 4.30. The summed E-state index contributed by atoms with van der Waals surface area (Å²) >= 11 is 0. The highest BCUT2D eigenvalue weighted by Crippen LogP contribution is 2.01. The number of carboxylic acid groups (broad SMARTS) is 3. The van der Waals surface area contributed by atoms with Crippen molar-refractivity contribution in [2.24, 2.45) is 23.1 Å². The van der Waals surface area contributed by atoms with E-state index in [1.807, 2.05) is 13.8 Å². The predicted molar refractivity (Wildman–Crippen MR) is 74.5 cm³/mol. The van der Waals surface area contributed by atoms with Crippen LogP contribution in [0.25, 0.3) is 0 Å². The normalized spacial score (nSPS) is 12.1. The van der Waals surface area contributed by atoms with Gasteiger partial charge in [0.25, 0.3) is 0 Å². The Morgan fingerprint density at radius 2 is 1.29 bits per heavy atom. The number of aliphatic carboxylic acids is 3. The maximum atomic E-state index is 10.1. The molecule has 0 saturated carbocycles. The van der Waals surface area contributed by atoms with E-state index in [1.165, 1.54) is 0 Å². The van der Waals surface area contributed by atoms with Crippen molar-refractivity contribution in [3.05, 3.63) is 0 Å². The molecule has 0 bridgehead atoms. The molecule has 0 saturated heterocycles. The Morgan fingerprint density at radius 3 is 1.33 bits per heavy atom. The molecule has 0 aliphatic heterocycles. The fourth-order valence-electron chi connectivity index (χ4n) is 0.687. The highest BCUT2D eigenvalue weighted by atomic mass is 16.4. The van der Waals surface area contributed by atoms with Crippen molar-refractivity contribution < 1.29 is 34.8 Å². The number of hydrogen-bond donors (Lipinski definition) is 7. The second kappa shape index (κ2) is 14.7. The van der Waals surface area contributed by atoms with Gasteiger partial charge >= 0.3 is 17.9 Å². The molecule has 0 unspecified atom stereocenters. The lowest BCUT2D eigenvalue weighted by Crippen LogP contribution is -2.33. The zero-order valence-corrected chi connectivity index (χ0v) is 12.1. The molecule has 0 rings (SSSR count). The molecule has 10 nitrogen and oxygen atoms in total. The van der Waals surface area contributed by atoms with E-state index in [-0.39, 0.29) is 6.54 Å². The number of hydrogen-bond acceptors (Lipinski definition) is 7. The van der Waals surface area contributed by atoms with Crippen LogP contribution in [0.15, 0.2) is 0 Å². The van der Waals surface area contributed by atoms with Crippen molar-refractivity contribution in [2.75, 3.05) is 13.2 Å². The van der Waals surface area contributed by atoms with Crippen molar-refractivity contribution in [1.29, 1.82) is 0 Å². The van der Waals surface area contributed by atoms with E-state index in [0.29, 0.717) is 12.3 Å².